The van der Waals surface area contributed by atoms with Gasteiger partial charge in [-0.2, -0.15) is 0 Å². The third-order valence-electron chi connectivity index (χ3n) is 2.43. The average Bonchev–Trinajstić information content (AvgIpc) is 2.77. The van der Waals surface area contributed by atoms with Gasteiger partial charge in [0, 0.05) is 18.7 Å². The zero-order valence-electron chi connectivity index (χ0n) is 9.88. The van der Waals surface area contributed by atoms with Gasteiger partial charge in [-0.15, -0.1) is 10.2 Å². The van der Waals surface area contributed by atoms with Gasteiger partial charge in [-0.3, -0.25) is 0 Å². The normalized spacial score (nSPS) is 12.6. The van der Waals surface area contributed by atoms with Crippen molar-refractivity contribution in [1.82, 2.24) is 15.5 Å². The van der Waals surface area contributed by atoms with Crippen molar-refractivity contribution in [2.75, 3.05) is 12.8 Å². The molecule has 90 valence electrons. The van der Waals surface area contributed by atoms with E-state index in [1.54, 1.807) is 18.7 Å². The minimum atomic E-state index is 0.286. The number of nitrogens with one attached hydrogen (secondary N) is 1. The van der Waals surface area contributed by atoms with E-state index in [0.717, 1.165) is 5.75 Å². The van der Waals surface area contributed by atoms with E-state index >= 15 is 0 Å². The fourth-order valence-electron chi connectivity index (χ4n) is 1.52. The summed E-state index contributed by atoms with van der Waals surface area (Å²) in [6.07, 6.45) is 0. The van der Waals surface area contributed by atoms with Gasteiger partial charge in [0.2, 0.25) is 5.89 Å². The number of aromatic nitrogens is 2. The van der Waals surface area contributed by atoms with Crippen molar-refractivity contribution in [1.29, 1.82) is 0 Å². The summed E-state index contributed by atoms with van der Waals surface area (Å²) in [5.74, 6) is 1.47. The van der Waals surface area contributed by atoms with E-state index in [-0.39, 0.29) is 6.04 Å². The molecule has 0 amide bonds. The zero-order chi connectivity index (χ0) is 12.1. The lowest BCUT2D eigenvalue weighted by molar-refractivity contribution is 0.428. The second-order valence-electron chi connectivity index (χ2n) is 3.65. The SMILES string of the molecule is CNC(CSc1nnc(C)o1)c1ccccc1. The summed E-state index contributed by atoms with van der Waals surface area (Å²) < 4.78 is 5.33. The predicted molar refractivity (Wildman–Crippen MR) is 68.0 cm³/mol. The number of hydrogen-bond donors (Lipinski definition) is 1. The molecule has 5 heteroatoms. The molecule has 17 heavy (non-hydrogen) atoms. The predicted octanol–water partition coefficient (Wildman–Crippen LogP) is 2.43. The van der Waals surface area contributed by atoms with Gasteiger partial charge in [-0.1, -0.05) is 42.1 Å². The standard InChI is InChI=1S/C12H15N3OS/c1-9-14-15-12(16-9)17-8-11(13-2)10-6-4-3-5-7-10/h3-7,11,13H,8H2,1-2H3. The Morgan fingerprint density at radius 3 is 2.65 bits per heavy atom. The van der Waals surface area contributed by atoms with Crippen molar-refractivity contribution in [3.8, 4) is 0 Å². The molecule has 0 radical (unpaired) electrons. The molecule has 0 bridgehead atoms. The van der Waals surface area contributed by atoms with E-state index in [2.05, 4.69) is 27.6 Å². The van der Waals surface area contributed by atoms with Crippen LogP contribution in [0.15, 0.2) is 40.0 Å². The number of rotatable bonds is 5. The Morgan fingerprint density at radius 2 is 2.06 bits per heavy atom. The molecule has 0 fully saturated rings. The first-order valence-electron chi connectivity index (χ1n) is 5.44. The number of thioether (sulfide) groups is 1. The highest BCUT2D eigenvalue weighted by molar-refractivity contribution is 7.99. The Hall–Kier alpha value is -1.33. The largest absolute Gasteiger partial charge is 0.416 e. The Balaban J connectivity index is 1.97. The van der Waals surface area contributed by atoms with Gasteiger partial charge in [-0.05, 0) is 12.6 Å². The van der Waals surface area contributed by atoms with Crippen molar-refractivity contribution >= 4 is 11.8 Å². The van der Waals surface area contributed by atoms with Crippen LogP contribution >= 0.6 is 11.8 Å². The van der Waals surface area contributed by atoms with Crippen LogP contribution in [0.5, 0.6) is 0 Å². The Morgan fingerprint density at radius 1 is 1.29 bits per heavy atom. The lowest BCUT2D eigenvalue weighted by Gasteiger charge is -2.14. The lowest BCUT2D eigenvalue weighted by atomic mass is 10.1. The van der Waals surface area contributed by atoms with Gasteiger partial charge in [0.1, 0.15) is 0 Å². The maximum absolute atomic E-state index is 5.33. The summed E-state index contributed by atoms with van der Waals surface area (Å²) in [5.41, 5.74) is 1.26. The summed E-state index contributed by atoms with van der Waals surface area (Å²) in [5, 5.41) is 11.7. The first kappa shape index (κ1) is 12.1. The Labute approximate surface area is 105 Å². The fraction of sp³-hybridized carbons (Fsp3) is 0.333. The molecule has 2 rings (SSSR count). The molecule has 1 atom stereocenters. The smallest absolute Gasteiger partial charge is 0.276 e. The van der Waals surface area contributed by atoms with Crippen LogP contribution in [-0.4, -0.2) is 23.0 Å². The van der Waals surface area contributed by atoms with Crippen LogP contribution in [0.25, 0.3) is 0 Å². The highest BCUT2D eigenvalue weighted by atomic mass is 32.2. The highest BCUT2D eigenvalue weighted by Gasteiger charge is 2.11. The topological polar surface area (TPSA) is 51.0 Å². The van der Waals surface area contributed by atoms with E-state index in [9.17, 15) is 0 Å². The number of hydrogen-bond acceptors (Lipinski definition) is 5. The van der Waals surface area contributed by atoms with E-state index in [0.29, 0.717) is 11.1 Å². The van der Waals surface area contributed by atoms with Crippen LogP contribution in [0, 0.1) is 6.92 Å². The maximum Gasteiger partial charge on any atom is 0.276 e. The molecule has 2 aromatic rings. The minimum absolute atomic E-state index is 0.286. The van der Waals surface area contributed by atoms with Crippen molar-refractivity contribution in [3.63, 3.8) is 0 Å². The molecule has 1 aromatic carbocycles. The molecule has 0 aliphatic heterocycles. The Kier molecular flexibility index (Phi) is 4.17. The molecule has 0 saturated carbocycles. The molecule has 1 heterocycles. The van der Waals surface area contributed by atoms with E-state index in [1.807, 2.05) is 25.2 Å². The van der Waals surface area contributed by atoms with Crippen LogP contribution in [0.4, 0.5) is 0 Å². The molecule has 1 aromatic heterocycles. The number of nitrogens with zero attached hydrogens (tertiary/aromatic N) is 2. The molecule has 0 aliphatic carbocycles. The van der Waals surface area contributed by atoms with Crippen LogP contribution in [0.1, 0.15) is 17.5 Å². The van der Waals surface area contributed by atoms with Crippen molar-refractivity contribution < 1.29 is 4.42 Å². The van der Waals surface area contributed by atoms with E-state index in [1.165, 1.54) is 5.56 Å². The summed E-state index contributed by atoms with van der Waals surface area (Å²) in [7, 11) is 1.96. The van der Waals surface area contributed by atoms with Crippen molar-refractivity contribution in [3.05, 3.63) is 41.8 Å². The van der Waals surface area contributed by atoms with Crippen LogP contribution in [0.2, 0.25) is 0 Å². The van der Waals surface area contributed by atoms with Gasteiger partial charge < -0.3 is 9.73 Å². The second-order valence-corrected chi connectivity index (χ2v) is 4.62. The molecular weight excluding hydrogens is 234 g/mol. The van der Waals surface area contributed by atoms with E-state index in [4.69, 9.17) is 4.42 Å². The van der Waals surface area contributed by atoms with Gasteiger partial charge in [-0.25, -0.2) is 0 Å². The maximum atomic E-state index is 5.33. The first-order valence-corrected chi connectivity index (χ1v) is 6.43. The van der Waals surface area contributed by atoms with Crippen molar-refractivity contribution in [2.45, 2.75) is 18.2 Å². The summed E-state index contributed by atoms with van der Waals surface area (Å²) in [6, 6.07) is 10.6. The second kappa shape index (κ2) is 5.84. The molecule has 1 unspecified atom stereocenters. The lowest BCUT2D eigenvalue weighted by Crippen LogP contribution is -2.18. The molecule has 0 saturated heterocycles. The van der Waals surface area contributed by atoms with Crippen LogP contribution in [-0.2, 0) is 0 Å². The summed E-state index contributed by atoms with van der Waals surface area (Å²) in [4.78, 5) is 0. The first-order chi connectivity index (χ1) is 8.29. The van der Waals surface area contributed by atoms with Gasteiger partial charge in [0.15, 0.2) is 0 Å². The van der Waals surface area contributed by atoms with E-state index < -0.39 is 0 Å². The monoisotopic (exact) mass is 249 g/mol. The van der Waals surface area contributed by atoms with Gasteiger partial charge in [0.05, 0.1) is 0 Å². The molecule has 0 aliphatic rings. The minimum Gasteiger partial charge on any atom is -0.416 e. The molecule has 0 spiro atoms. The highest BCUT2D eigenvalue weighted by Crippen LogP contribution is 2.23. The summed E-state index contributed by atoms with van der Waals surface area (Å²) >= 11 is 1.57. The van der Waals surface area contributed by atoms with Crippen LogP contribution in [0.3, 0.4) is 0 Å². The van der Waals surface area contributed by atoms with Crippen molar-refractivity contribution in [2.24, 2.45) is 0 Å². The zero-order valence-corrected chi connectivity index (χ0v) is 10.7. The Bertz CT molecular complexity index is 458. The number of aryl methyl sites for hydroxylation is 1. The third kappa shape index (κ3) is 3.31. The fourth-order valence-corrected chi connectivity index (χ4v) is 2.47. The average molecular weight is 249 g/mol. The van der Waals surface area contributed by atoms with Gasteiger partial charge >= 0.3 is 0 Å². The quantitative estimate of drug-likeness (QED) is 0.825. The molecule has 4 nitrogen and oxygen atoms in total. The molecular formula is C12H15N3OS. The number of benzene rings is 1. The summed E-state index contributed by atoms with van der Waals surface area (Å²) in [6.45, 7) is 1.80. The van der Waals surface area contributed by atoms with Crippen LogP contribution < -0.4 is 5.32 Å². The molecule has 1 N–H and O–H groups in total. The third-order valence-corrected chi connectivity index (χ3v) is 3.34. The van der Waals surface area contributed by atoms with Gasteiger partial charge in [0.25, 0.3) is 5.22 Å².